The summed E-state index contributed by atoms with van der Waals surface area (Å²) in [6, 6.07) is -0.0279. The van der Waals surface area contributed by atoms with Gasteiger partial charge in [-0.1, -0.05) is 0 Å². The Hall–Kier alpha value is -1.63. The molecule has 0 atom stereocenters. The third-order valence-electron chi connectivity index (χ3n) is 2.09. The quantitative estimate of drug-likeness (QED) is 0.828. The highest BCUT2D eigenvalue weighted by molar-refractivity contribution is 6.28. The molecular formula is C12H21ClN6O. The number of hydrogen-bond donors (Lipinski definition) is 2. The number of aromatic nitrogens is 3. The lowest BCUT2D eigenvalue weighted by Crippen LogP contribution is -2.47. The van der Waals surface area contributed by atoms with Gasteiger partial charge in [0.1, 0.15) is 0 Å². The van der Waals surface area contributed by atoms with Gasteiger partial charge in [-0.05, 0) is 46.2 Å². The Labute approximate surface area is 124 Å². The predicted octanol–water partition coefficient (Wildman–Crippen LogP) is 2.00. The molecule has 0 aliphatic carbocycles. The second-order valence-corrected chi connectivity index (χ2v) is 6.07. The number of carbonyl (C=O) groups is 1. The predicted molar refractivity (Wildman–Crippen MR) is 79.6 cm³/mol. The fourth-order valence-electron chi connectivity index (χ4n) is 1.42. The number of hydrogen-bond acceptors (Lipinski definition) is 6. The molecule has 0 aromatic carbocycles. The van der Waals surface area contributed by atoms with Gasteiger partial charge in [0, 0.05) is 18.5 Å². The number of nitrogens with one attached hydrogen (secondary N) is 2. The van der Waals surface area contributed by atoms with E-state index in [9.17, 15) is 4.79 Å². The number of rotatable bonds is 4. The maximum absolute atomic E-state index is 11.3. The van der Waals surface area contributed by atoms with E-state index in [4.69, 9.17) is 11.6 Å². The van der Waals surface area contributed by atoms with Crippen LogP contribution >= 0.6 is 11.6 Å². The van der Waals surface area contributed by atoms with Crippen molar-refractivity contribution in [1.82, 2.24) is 20.4 Å². The van der Waals surface area contributed by atoms with Gasteiger partial charge in [0.2, 0.25) is 17.1 Å². The lowest BCUT2D eigenvalue weighted by atomic mass is 10.1. The topological polar surface area (TPSA) is 83.0 Å². The minimum Gasteiger partial charge on any atom is -0.349 e. The van der Waals surface area contributed by atoms with E-state index >= 15 is 0 Å². The van der Waals surface area contributed by atoms with Crippen molar-refractivity contribution in [3.63, 3.8) is 0 Å². The fraction of sp³-hybridized carbons (Fsp3) is 0.667. The van der Waals surface area contributed by atoms with Gasteiger partial charge in [0.25, 0.3) is 5.95 Å². The number of anilines is 2. The molecule has 1 rings (SSSR count). The summed E-state index contributed by atoms with van der Waals surface area (Å²) in [6.07, 6.45) is 0. The molecule has 20 heavy (non-hydrogen) atoms. The lowest BCUT2D eigenvalue weighted by Gasteiger charge is -2.27. The van der Waals surface area contributed by atoms with Gasteiger partial charge in [-0.2, -0.15) is 15.0 Å². The van der Waals surface area contributed by atoms with Crippen LogP contribution < -0.4 is 15.8 Å². The summed E-state index contributed by atoms with van der Waals surface area (Å²) in [6.45, 7) is 11.2. The second-order valence-electron chi connectivity index (χ2n) is 5.73. The van der Waals surface area contributed by atoms with E-state index in [1.54, 1.807) is 5.01 Å². The minimum atomic E-state index is -0.210. The number of amides is 1. The Balaban J connectivity index is 3.12. The molecule has 1 amide bonds. The zero-order chi connectivity index (χ0) is 15.5. The molecule has 0 saturated heterocycles. The number of halogens is 1. The van der Waals surface area contributed by atoms with E-state index in [1.165, 1.54) is 6.92 Å². The summed E-state index contributed by atoms with van der Waals surface area (Å²) in [4.78, 5) is 23.6. The molecule has 0 saturated carbocycles. The van der Waals surface area contributed by atoms with Crippen LogP contribution in [0.2, 0.25) is 5.28 Å². The molecule has 7 nitrogen and oxygen atoms in total. The molecular weight excluding hydrogens is 280 g/mol. The largest absolute Gasteiger partial charge is 0.349 e. The lowest BCUT2D eigenvalue weighted by molar-refractivity contribution is -0.119. The molecule has 0 unspecified atom stereocenters. The smallest absolute Gasteiger partial charge is 0.250 e. The van der Waals surface area contributed by atoms with Gasteiger partial charge >= 0.3 is 0 Å². The first-order chi connectivity index (χ1) is 9.08. The Morgan fingerprint density at radius 3 is 2.30 bits per heavy atom. The molecule has 0 fully saturated rings. The first-order valence-electron chi connectivity index (χ1n) is 6.34. The van der Waals surface area contributed by atoms with Crippen molar-refractivity contribution in [1.29, 1.82) is 0 Å². The van der Waals surface area contributed by atoms with Crippen LogP contribution in [0.4, 0.5) is 11.9 Å². The summed E-state index contributed by atoms with van der Waals surface area (Å²) in [5, 5.41) is 4.74. The van der Waals surface area contributed by atoms with Crippen LogP contribution in [0.1, 0.15) is 41.5 Å². The second kappa shape index (κ2) is 6.21. The highest BCUT2D eigenvalue weighted by Crippen LogP contribution is 2.17. The molecule has 2 N–H and O–H groups in total. The van der Waals surface area contributed by atoms with Gasteiger partial charge in [0.15, 0.2) is 0 Å². The summed E-state index contributed by atoms with van der Waals surface area (Å²) in [5.41, 5.74) is 2.46. The Morgan fingerprint density at radius 2 is 1.85 bits per heavy atom. The van der Waals surface area contributed by atoms with Gasteiger partial charge in [-0.3, -0.25) is 10.2 Å². The van der Waals surface area contributed by atoms with Crippen LogP contribution in [-0.4, -0.2) is 32.4 Å². The molecule has 1 aromatic heterocycles. The zero-order valence-corrected chi connectivity index (χ0v) is 13.4. The Morgan fingerprint density at radius 1 is 1.25 bits per heavy atom. The Bertz CT molecular complexity index is 485. The normalized spacial score (nSPS) is 11.4. The standard InChI is InChI=1S/C12H21ClN6O/c1-7(2)19(18-8(3)20)11-15-9(13)14-10(16-11)17-12(4,5)6/h7H,1-6H3,(H,18,20)(H,14,15,16,17). The summed E-state index contributed by atoms with van der Waals surface area (Å²) in [7, 11) is 0. The van der Waals surface area contributed by atoms with Crippen LogP contribution in [0.5, 0.6) is 0 Å². The molecule has 112 valence electrons. The number of nitrogens with zero attached hydrogens (tertiary/aromatic N) is 4. The molecule has 0 spiro atoms. The third kappa shape index (κ3) is 5.16. The van der Waals surface area contributed by atoms with Crippen LogP contribution in [0.3, 0.4) is 0 Å². The van der Waals surface area contributed by atoms with Gasteiger partial charge in [0.05, 0.1) is 0 Å². The molecule has 0 aliphatic heterocycles. The van der Waals surface area contributed by atoms with Crippen molar-refractivity contribution in [2.24, 2.45) is 0 Å². The van der Waals surface area contributed by atoms with Crippen LogP contribution in [0.25, 0.3) is 0 Å². The van der Waals surface area contributed by atoms with Gasteiger partial charge in [-0.15, -0.1) is 0 Å². The highest BCUT2D eigenvalue weighted by atomic mass is 35.5. The molecule has 0 radical (unpaired) electrons. The van der Waals surface area contributed by atoms with E-state index in [0.717, 1.165) is 0 Å². The Kier molecular flexibility index (Phi) is 5.10. The zero-order valence-electron chi connectivity index (χ0n) is 12.7. The molecule has 1 heterocycles. The first kappa shape index (κ1) is 16.4. The van der Waals surface area contributed by atoms with E-state index in [-0.39, 0.29) is 22.8 Å². The highest BCUT2D eigenvalue weighted by Gasteiger charge is 2.19. The van der Waals surface area contributed by atoms with E-state index in [0.29, 0.717) is 11.9 Å². The van der Waals surface area contributed by atoms with Crippen molar-refractivity contribution in [2.75, 3.05) is 10.3 Å². The van der Waals surface area contributed by atoms with Crippen molar-refractivity contribution in [3.8, 4) is 0 Å². The van der Waals surface area contributed by atoms with E-state index in [1.807, 2.05) is 34.6 Å². The van der Waals surface area contributed by atoms with Crippen LogP contribution in [0, 0.1) is 0 Å². The van der Waals surface area contributed by atoms with Gasteiger partial charge in [-0.25, -0.2) is 5.01 Å². The SMILES string of the molecule is CC(=O)NN(c1nc(Cl)nc(NC(C)(C)C)n1)C(C)C. The average molecular weight is 301 g/mol. The molecule has 0 bridgehead atoms. The summed E-state index contributed by atoms with van der Waals surface area (Å²) < 4.78 is 0. The van der Waals surface area contributed by atoms with Crippen molar-refractivity contribution in [3.05, 3.63) is 5.28 Å². The van der Waals surface area contributed by atoms with E-state index in [2.05, 4.69) is 25.7 Å². The maximum atomic E-state index is 11.3. The van der Waals surface area contributed by atoms with Crippen molar-refractivity contribution in [2.45, 2.75) is 53.1 Å². The fourth-order valence-corrected chi connectivity index (χ4v) is 1.57. The van der Waals surface area contributed by atoms with Crippen molar-refractivity contribution < 1.29 is 4.79 Å². The third-order valence-corrected chi connectivity index (χ3v) is 2.26. The monoisotopic (exact) mass is 300 g/mol. The molecule has 8 heteroatoms. The molecule has 1 aromatic rings. The minimum absolute atomic E-state index is 0.0279. The number of carbonyl (C=O) groups excluding carboxylic acids is 1. The first-order valence-corrected chi connectivity index (χ1v) is 6.72. The van der Waals surface area contributed by atoms with Crippen molar-refractivity contribution >= 4 is 29.4 Å². The van der Waals surface area contributed by atoms with Crippen LogP contribution in [-0.2, 0) is 4.79 Å². The van der Waals surface area contributed by atoms with Gasteiger partial charge < -0.3 is 5.32 Å². The van der Waals surface area contributed by atoms with E-state index < -0.39 is 0 Å². The average Bonchev–Trinajstić information content (AvgIpc) is 2.21. The summed E-state index contributed by atoms with van der Waals surface area (Å²) in [5.74, 6) is 0.450. The summed E-state index contributed by atoms with van der Waals surface area (Å²) >= 11 is 5.92. The molecule has 0 aliphatic rings. The van der Waals surface area contributed by atoms with Crippen LogP contribution in [0.15, 0.2) is 0 Å². The maximum Gasteiger partial charge on any atom is 0.250 e. The number of hydrazine groups is 1.